The average molecular weight is 241 g/mol. The zero-order chi connectivity index (χ0) is 12.5. The molecule has 1 fully saturated rings. The molecule has 17 heavy (non-hydrogen) atoms. The van der Waals surface area contributed by atoms with Gasteiger partial charge in [-0.3, -0.25) is 4.79 Å². The second kappa shape index (κ2) is 8.51. The quantitative estimate of drug-likeness (QED) is 0.597. The Bertz CT molecular complexity index is 214. The molecule has 1 saturated carbocycles. The number of amides is 1. The average Bonchev–Trinajstić information content (AvgIpc) is 3.16. The van der Waals surface area contributed by atoms with Crippen LogP contribution in [0.5, 0.6) is 0 Å². The minimum Gasteiger partial charge on any atom is -0.396 e. The third-order valence-electron chi connectivity index (χ3n) is 3.36. The molecule has 100 valence electrons. The van der Waals surface area contributed by atoms with Crippen LogP contribution in [0.15, 0.2) is 0 Å². The maximum absolute atomic E-state index is 12.0. The van der Waals surface area contributed by atoms with Gasteiger partial charge in [0.1, 0.15) is 0 Å². The maximum Gasteiger partial charge on any atom is 0.225 e. The molecule has 3 heteroatoms. The molecule has 0 heterocycles. The Balaban J connectivity index is 2.17. The van der Waals surface area contributed by atoms with Gasteiger partial charge < -0.3 is 10.0 Å². The van der Waals surface area contributed by atoms with E-state index < -0.39 is 0 Å². The largest absolute Gasteiger partial charge is 0.396 e. The van der Waals surface area contributed by atoms with Gasteiger partial charge in [0, 0.05) is 25.6 Å². The van der Waals surface area contributed by atoms with Crippen molar-refractivity contribution in [2.24, 2.45) is 5.92 Å². The van der Waals surface area contributed by atoms with Gasteiger partial charge >= 0.3 is 0 Å². The number of hydrogen-bond acceptors (Lipinski definition) is 2. The van der Waals surface area contributed by atoms with Crippen LogP contribution >= 0.6 is 0 Å². The summed E-state index contributed by atoms with van der Waals surface area (Å²) < 4.78 is 0. The Morgan fingerprint density at radius 1 is 1.12 bits per heavy atom. The van der Waals surface area contributed by atoms with E-state index >= 15 is 0 Å². The zero-order valence-electron chi connectivity index (χ0n) is 11.2. The minimum atomic E-state index is 0.185. The molecule has 3 nitrogen and oxygen atoms in total. The summed E-state index contributed by atoms with van der Waals surface area (Å²) in [7, 11) is 0. The second-order valence-corrected chi connectivity index (χ2v) is 5.09. The molecule has 1 rings (SSSR count). The summed E-state index contributed by atoms with van der Waals surface area (Å²) in [4.78, 5) is 13.9. The SMILES string of the molecule is CCCCCCCN(CCCO)C(=O)C1CC1. The lowest BCUT2D eigenvalue weighted by molar-refractivity contribution is -0.132. The molecule has 0 aromatic heterocycles. The van der Waals surface area contributed by atoms with Crippen molar-refractivity contribution < 1.29 is 9.90 Å². The van der Waals surface area contributed by atoms with Crippen molar-refractivity contribution in [1.82, 2.24) is 4.90 Å². The lowest BCUT2D eigenvalue weighted by Crippen LogP contribution is -2.34. The molecule has 1 aliphatic carbocycles. The molecule has 0 bridgehead atoms. The summed E-state index contributed by atoms with van der Waals surface area (Å²) in [6, 6.07) is 0. The van der Waals surface area contributed by atoms with Crippen LogP contribution < -0.4 is 0 Å². The van der Waals surface area contributed by atoms with Crippen LogP contribution in [0.2, 0.25) is 0 Å². The van der Waals surface area contributed by atoms with Gasteiger partial charge in [0.25, 0.3) is 0 Å². The van der Waals surface area contributed by atoms with E-state index in [0.717, 1.165) is 32.4 Å². The smallest absolute Gasteiger partial charge is 0.225 e. The molecule has 0 aliphatic heterocycles. The van der Waals surface area contributed by atoms with Crippen molar-refractivity contribution in [3.8, 4) is 0 Å². The lowest BCUT2D eigenvalue weighted by Gasteiger charge is -2.22. The Hall–Kier alpha value is -0.570. The third-order valence-corrected chi connectivity index (χ3v) is 3.36. The number of rotatable bonds is 10. The van der Waals surface area contributed by atoms with Gasteiger partial charge in [0.2, 0.25) is 5.91 Å². The van der Waals surface area contributed by atoms with Gasteiger partial charge in [-0.05, 0) is 25.7 Å². The molecule has 0 radical (unpaired) electrons. The third kappa shape index (κ3) is 6.06. The molecule has 0 saturated heterocycles. The number of aliphatic hydroxyl groups excluding tert-OH is 1. The topological polar surface area (TPSA) is 40.5 Å². The summed E-state index contributed by atoms with van der Waals surface area (Å²) in [6.07, 6.45) is 9.04. The predicted octanol–water partition coefficient (Wildman–Crippen LogP) is 2.58. The van der Waals surface area contributed by atoms with Crippen LogP contribution in [0.25, 0.3) is 0 Å². The van der Waals surface area contributed by atoms with Crippen molar-refractivity contribution in [3.63, 3.8) is 0 Å². The second-order valence-electron chi connectivity index (χ2n) is 5.09. The first-order chi connectivity index (χ1) is 8.29. The van der Waals surface area contributed by atoms with E-state index in [0.29, 0.717) is 18.2 Å². The number of carbonyl (C=O) groups is 1. The summed E-state index contributed by atoms with van der Waals surface area (Å²) in [5.74, 6) is 0.637. The van der Waals surface area contributed by atoms with Crippen molar-refractivity contribution in [3.05, 3.63) is 0 Å². The molecule has 0 aromatic rings. The van der Waals surface area contributed by atoms with E-state index in [2.05, 4.69) is 6.92 Å². The molecule has 0 atom stereocenters. The zero-order valence-corrected chi connectivity index (χ0v) is 11.2. The Kier molecular flexibility index (Phi) is 7.25. The Labute approximate surface area is 105 Å². The van der Waals surface area contributed by atoms with Gasteiger partial charge in [0.15, 0.2) is 0 Å². The molecule has 1 aliphatic rings. The first-order valence-corrected chi connectivity index (χ1v) is 7.19. The van der Waals surface area contributed by atoms with Gasteiger partial charge in [-0.2, -0.15) is 0 Å². The van der Waals surface area contributed by atoms with E-state index in [4.69, 9.17) is 5.11 Å². The van der Waals surface area contributed by atoms with Crippen LogP contribution in [0.1, 0.15) is 58.3 Å². The van der Waals surface area contributed by atoms with Crippen molar-refractivity contribution >= 4 is 5.91 Å². The molecule has 0 aromatic carbocycles. The molecular formula is C14H27NO2. The number of nitrogens with zero attached hydrogens (tertiary/aromatic N) is 1. The van der Waals surface area contributed by atoms with Gasteiger partial charge in [-0.15, -0.1) is 0 Å². The van der Waals surface area contributed by atoms with Gasteiger partial charge in [0.05, 0.1) is 0 Å². The molecule has 1 amide bonds. The van der Waals surface area contributed by atoms with E-state index in [1.54, 1.807) is 0 Å². The first kappa shape index (κ1) is 14.5. The molecular weight excluding hydrogens is 214 g/mol. The van der Waals surface area contributed by atoms with Crippen LogP contribution in [-0.2, 0) is 4.79 Å². The minimum absolute atomic E-state index is 0.185. The summed E-state index contributed by atoms with van der Waals surface area (Å²) in [6.45, 7) is 4.02. The van der Waals surface area contributed by atoms with Crippen LogP contribution in [0, 0.1) is 5.92 Å². The van der Waals surface area contributed by atoms with Crippen molar-refractivity contribution in [1.29, 1.82) is 0 Å². The van der Waals surface area contributed by atoms with Gasteiger partial charge in [-0.1, -0.05) is 32.6 Å². The molecule has 0 spiro atoms. The Morgan fingerprint density at radius 2 is 1.76 bits per heavy atom. The Morgan fingerprint density at radius 3 is 2.35 bits per heavy atom. The monoisotopic (exact) mass is 241 g/mol. The molecule has 0 unspecified atom stereocenters. The first-order valence-electron chi connectivity index (χ1n) is 7.19. The fourth-order valence-corrected chi connectivity index (χ4v) is 2.09. The highest BCUT2D eigenvalue weighted by molar-refractivity contribution is 5.81. The van der Waals surface area contributed by atoms with Crippen LogP contribution in [0.4, 0.5) is 0 Å². The van der Waals surface area contributed by atoms with Gasteiger partial charge in [-0.25, -0.2) is 0 Å². The van der Waals surface area contributed by atoms with Crippen molar-refractivity contribution in [2.75, 3.05) is 19.7 Å². The number of aliphatic hydroxyl groups is 1. The summed E-state index contributed by atoms with van der Waals surface area (Å²) >= 11 is 0. The van der Waals surface area contributed by atoms with E-state index in [-0.39, 0.29) is 6.61 Å². The predicted molar refractivity (Wildman–Crippen MR) is 69.8 cm³/mol. The van der Waals surface area contributed by atoms with Crippen molar-refractivity contribution in [2.45, 2.75) is 58.3 Å². The highest BCUT2D eigenvalue weighted by atomic mass is 16.3. The fourth-order valence-electron chi connectivity index (χ4n) is 2.09. The highest BCUT2D eigenvalue weighted by Crippen LogP contribution is 2.31. The standard InChI is InChI=1S/C14H27NO2/c1-2-3-4-5-6-10-15(11-7-12-16)14(17)13-8-9-13/h13,16H,2-12H2,1H3. The molecule has 1 N–H and O–H groups in total. The van der Waals surface area contributed by atoms with E-state index in [9.17, 15) is 4.79 Å². The summed E-state index contributed by atoms with van der Waals surface area (Å²) in [5, 5.41) is 8.85. The van der Waals surface area contributed by atoms with Crippen LogP contribution in [0.3, 0.4) is 0 Å². The van der Waals surface area contributed by atoms with E-state index in [1.165, 1.54) is 25.7 Å². The lowest BCUT2D eigenvalue weighted by atomic mass is 10.1. The highest BCUT2D eigenvalue weighted by Gasteiger charge is 2.32. The number of hydrogen-bond donors (Lipinski definition) is 1. The maximum atomic E-state index is 12.0. The summed E-state index contributed by atoms with van der Waals surface area (Å²) in [5.41, 5.74) is 0. The fraction of sp³-hybridized carbons (Fsp3) is 0.929. The number of carbonyl (C=O) groups excluding carboxylic acids is 1. The van der Waals surface area contributed by atoms with E-state index in [1.807, 2.05) is 4.90 Å². The number of unbranched alkanes of at least 4 members (excludes halogenated alkanes) is 4. The van der Waals surface area contributed by atoms with Crippen LogP contribution in [-0.4, -0.2) is 35.6 Å². The normalized spacial score (nSPS) is 14.9.